The zero-order valence-corrected chi connectivity index (χ0v) is 16.9. The lowest BCUT2D eigenvalue weighted by molar-refractivity contribution is -0.145. The molecule has 0 aromatic rings. The molecule has 1 aliphatic heterocycles. The zero-order chi connectivity index (χ0) is 20.6. The number of rotatable bonds is 10. The van der Waals surface area contributed by atoms with Gasteiger partial charge in [0.1, 0.15) is 12.1 Å². The van der Waals surface area contributed by atoms with Crippen LogP contribution in [-0.2, 0) is 19.2 Å². The van der Waals surface area contributed by atoms with E-state index in [4.69, 9.17) is 5.73 Å². The van der Waals surface area contributed by atoms with Crippen LogP contribution in [0.15, 0.2) is 0 Å². The molecule has 1 aliphatic rings. The second-order valence-corrected chi connectivity index (χ2v) is 7.91. The molecule has 3 unspecified atom stereocenters. The number of carboxylic acids is 1. The Kier molecular flexibility index (Phi) is 9.57. The first-order valence-corrected chi connectivity index (χ1v) is 10.4. The molecule has 0 aromatic carbocycles. The SMILES string of the molecule is CSCCC(N)C(=O)NCC(=O)N1CCCC1C(=O)NC(C(=O)O)C(C)C. The van der Waals surface area contributed by atoms with Gasteiger partial charge in [-0.05, 0) is 37.2 Å². The minimum absolute atomic E-state index is 0.234. The molecule has 0 aliphatic carbocycles. The van der Waals surface area contributed by atoms with E-state index in [-0.39, 0.29) is 18.4 Å². The van der Waals surface area contributed by atoms with Crippen molar-refractivity contribution in [2.24, 2.45) is 11.7 Å². The highest BCUT2D eigenvalue weighted by molar-refractivity contribution is 7.98. The van der Waals surface area contributed by atoms with E-state index in [0.717, 1.165) is 5.75 Å². The maximum Gasteiger partial charge on any atom is 0.326 e. The van der Waals surface area contributed by atoms with Crippen LogP contribution in [0.25, 0.3) is 0 Å². The smallest absolute Gasteiger partial charge is 0.326 e. The van der Waals surface area contributed by atoms with Crippen LogP contribution in [0.3, 0.4) is 0 Å². The van der Waals surface area contributed by atoms with Crippen LogP contribution in [0.4, 0.5) is 0 Å². The Labute approximate surface area is 163 Å². The van der Waals surface area contributed by atoms with Crippen molar-refractivity contribution in [3.8, 4) is 0 Å². The maximum absolute atomic E-state index is 12.5. The Balaban J connectivity index is 2.60. The molecule has 1 rings (SSSR count). The van der Waals surface area contributed by atoms with E-state index >= 15 is 0 Å². The summed E-state index contributed by atoms with van der Waals surface area (Å²) in [4.78, 5) is 49.5. The van der Waals surface area contributed by atoms with Crippen molar-refractivity contribution in [1.82, 2.24) is 15.5 Å². The number of aliphatic carboxylic acids is 1. The summed E-state index contributed by atoms with van der Waals surface area (Å²) < 4.78 is 0. The molecule has 154 valence electrons. The van der Waals surface area contributed by atoms with Gasteiger partial charge in [-0.2, -0.15) is 11.8 Å². The number of hydrogen-bond acceptors (Lipinski definition) is 6. The average molecular weight is 403 g/mol. The molecule has 5 N–H and O–H groups in total. The van der Waals surface area contributed by atoms with Crippen LogP contribution in [0, 0.1) is 5.92 Å². The van der Waals surface area contributed by atoms with Crippen molar-refractivity contribution in [3.63, 3.8) is 0 Å². The monoisotopic (exact) mass is 402 g/mol. The predicted octanol–water partition coefficient (Wildman–Crippen LogP) is -0.601. The summed E-state index contributed by atoms with van der Waals surface area (Å²) in [5, 5.41) is 14.2. The first kappa shape index (κ1) is 23.2. The third-order valence-corrected chi connectivity index (χ3v) is 5.13. The zero-order valence-electron chi connectivity index (χ0n) is 16.1. The summed E-state index contributed by atoms with van der Waals surface area (Å²) >= 11 is 1.58. The summed E-state index contributed by atoms with van der Waals surface area (Å²) in [5.74, 6) is -1.90. The van der Waals surface area contributed by atoms with Gasteiger partial charge in [-0.25, -0.2) is 4.79 Å². The second-order valence-electron chi connectivity index (χ2n) is 6.92. The molecule has 0 spiro atoms. The van der Waals surface area contributed by atoms with Gasteiger partial charge in [0.25, 0.3) is 0 Å². The van der Waals surface area contributed by atoms with E-state index in [9.17, 15) is 24.3 Å². The number of nitrogens with zero attached hydrogens (tertiary/aromatic N) is 1. The summed E-state index contributed by atoms with van der Waals surface area (Å²) in [6, 6.07) is -2.41. The molecule has 27 heavy (non-hydrogen) atoms. The molecule has 1 saturated heterocycles. The number of nitrogens with two attached hydrogens (primary N) is 1. The van der Waals surface area contributed by atoms with Gasteiger partial charge >= 0.3 is 5.97 Å². The Hall–Kier alpha value is -1.81. The first-order chi connectivity index (χ1) is 12.7. The van der Waals surface area contributed by atoms with Gasteiger partial charge in [0.2, 0.25) is 17.7 Å². The van der Waals surface area contributed by atoms with Crippen LogP contribution < -0.4 is 16.4 Å². The minimum atomic E-state index is -1.11. The molecular formula is C17H30N4O5S. The van der Waals surface area contributed by atoms with Crippen molar-refractivity contribution in [2.75, 3.05) is 25.1 Å². The highest BCUT2D eigenvalue weighted by Gasteiger charge is 2.36. The molecule has 0 saturated carbocycles. The van der Waals surface area contributed by atoms with Gasteiger partial charge in [0, 0.05) is 6.54 Å². The van der Waals surface area contributed by atoms with Crippen LogP contribution in [-0.4, -0.2) is 76.9 Å². The quantitative estimate of drug-likeness (QED) is 0.382. The second kappa shape index (κ2) is 11.1. The standard InChI is InChI=1S/C17H30N4O5S/c1-10(2)14(17(25)26)20-16(24)12-5-4-7-21(12)13(22)9-19-15(23)11(18)6-8-27-3/h10-12,14H,4-9,18H2,1-3H3,(H,19,23)(H,20,24)(H,25,26). The van der Waals surface area contributed by atoms with Crippen molar-refractivity contribution in [3.05, 3.63) is 0 Å². The van der Waals surface area contributed by atoms with Crippen molar-refractivity contribution in [1.29, 1.82) is 0 Å². The summed E-state index contributed by atoms with van der Waals surface area (Å²) in [6.07, 6.45) is 3.54. The number of carbonyl (C=O) groups is 4. The largest absolute Gasteiger partial charge is 0.480 e. The molecule has 0 bridgehead atoms. The predicted molar refractivity (Wildman–Crippen MR) is 103 cm³/mol. The van der Waals surface area contributed by atoms with Crippen LogP contribution in [0.2, 0.25) is 0 Å². The van der Waals surface area contributed by atoms with Crippen LogP contribution in [0.5, 0.6) is 0 Å². The number of nitrogens with one attached hydrogen (secondary N) is 2. The number of carboxylic acid groups (broad SMARTS) is 1. The fraction of sp³-hybridized carbons (Fsp3) is 0.765. The van der Waals surface area contributed by atoms with Gasteiger partial charge in [0.05, 0.1) is 12.6 Å². The molecule has 0 radical (unpaired) electrons. The number of carbonyl (C=O) groups excluding carboxylic acids is 3. The Bertz CT molecular complexity index is 557. The Morgan fingerprint density at radius 3 is 2.52 bits per heavy atom. The average Bonchev–Trinajstić information content (AvgIpc) is 3.10. The maximum atomic E-state index is 12.5. The van der Waals surface area contributed by atoms with Crippen molar-refractivity contribution in [2.45, 2.75) is 51.2 Å². The van der Waals surface area contributed by atoms with Gasteiger partial charge in [-0.1, -0.05) is 13.8 Å². The molecule has 3 atom stereocenters. The topological polar surface area (TPSA) is 142 Å². The van der Waals surface area contributed by atoms with Gasteiger partial charge in [0.15, 0.2) is 0 Å². The Morgan fingerprint density at radius 2 is 1.96 bits per heavy atom. The lowest BCUT2D eigenvalue weighted by Crippen LogP contribution is -2.54. The molecule has 0 aromatic heterocycles. The number of amides is 3. The first-order valence-electron chi connectivity index (χ1n) is 9.03. The number of likely N-dealkylation sites (tertiary alicyclic amines) is 1. The van der Waals surface area contributed by atoms with Crippen LogP contribution >= 0.6 is 11.8 Å². The van der Waals surface area contributed by atoms with Crippen molar-refractivity contribution >= 4 is 35.5 Å². The highest BCUT2D eigenvalue weighted by Crippen LogP contribution is 2.18. The minimum Gasteiger partial charge on any atom is -0.480 e. The summed E-state index contributed by atoms with van der Waals surface area (Å²) in [7, 11) is 0. The van der Waals surface area contributed by atoms with Gasteiger partial charge in [-0.15, -0.1) is 0 Å². The lowest BCUT2D eigenvalue weighted by atomic mass is 10.0. The molecule has 9 nitrogen and oxygen atoms in total. The van der Waals surface area contributed by atoms with E-state index in [1.165, 1.54) is 4.90 Å². The van der Waals surface area contributed by atoms with Crippen molar-refractivity contribution < 1.29 is 24.3 Å². The van der Waals surface area contributed by atoms with Gasteiger partial charge in [-0.3, -0.25) is 14.4 Å². The van der Waals surface area contributed by atoms with E-state index in [0.29, 0.717) is 25.8 Å². The van der Waals surface area contributed by atoms with E-state index in [1.54, 1.807) is 25.6 Å². The number of thioether (sulfide) groups is 1. The molecule has 1 fully saturated rings. The summed E-state index contributed by atoms with van der Waals surface area (Å²) in [6.45, 7) is 3.56. The van der Waals surface area contributed by atoms with Crippen LogP contribution in [0.1, 0.15) is 33.1 Å². The van der Waals surface area contributed by atoms with E-state index in [2.05, 4.69) is 10.6 Å². The molecule has 10 heteroatoms. The Morgan fingerprint density at radius 1 is 1.30 bits per heavy atom. The molecule has 1 heterocycles. The normalized spacial score (nSPS) is 18.9. The summed E-state index contributed by atoms with van der Waals surface area (Å²) in [5.41, 5.74) is 5.76. The fourth-order valence-electron chi connectivity index (χ4n) is 2.87. The lowest BCUT2D eigenvalue weighted by Gasteiger charge is -2.26. The number of hydrogen-bond donors (Lipinski definition) is 4. The molecule has 3 amide bonds. The highest BCUT2D eigenvalue weighted by atomic mass is 32.2. The third kappa shape index (κ3) is 7.02. The fourth-order valence-corrected chi connectivity index (χ4v) is 3.36. The van der Waals surface area contributed by atoms with E-state index < -0.39 is 35.9 Å². The van der Waals surface area contributed by atoms with Gasteiger partial charge < -0.3 is 26.4 Å². The molecular weight excluding hydrogens is 372 g/mol. The van der Waals surface area contributed by atoms with E-state index in [1.807, 2.05) is 6.26 Å². The third-order valence-electron chi connectivity index (χ3n) is 4.49.